The van der Waals surface area contributed by atoms with Gasteiger partial charge in [0.05, 0.1) is 24.6 Å². The van der Waals surface area contributed by atoms with Gasteiger partial charge in [-0.3, -0.25) is 0 Å². The van der Waals surface area contributed by atoms with E-state index in [4.69, 9.17) is 44.3 Å². The van der Waals surface area contributed by atoms with Crippen molar-refractivity contribution in [3.05, 3.63) is 57.1 Å². The Hall–Kier alpha value is -1.09. The number of halogens is 3. The normalized spacial score (nSPS) is 12.1. The summed E-state index contributed by atoms with van der Waals surface area (Å²) in [6, 6.07) is 9.21. The van der Waals surface area contributed by atoms with Gasteiger partial charge in [-0.2, -0.15) is 0 Å². The highest BCUT2D eigenvalue weighted by Crippen LogP contribution is 2.40. The molecule has 2 nitrogen and oxygen atoms in total. The summed E-state index contributed by atoms with van der Waals surface area (Å²) in [5.74, 6) is 1.31. The Bertz CT molecular complexity index is 656. The molecule has 1 atom stereocenters. The minimum absolute atomic E-state index is 0.421. The van der Waals surface area contributed by atoms with E-state index in [1.807, 2.05) is 25.1 Å². The molecule has 0 aliphatic rings. The fourth-order valence-electron chi connectivity index (χ4n) is 2.07. The first kappa shape index (κ1) is 16.3. The van der Waals surface area contributed by atoms with E-state index in [0.29, 0.717) is 15.8 Å². The van der Waals surface area contributed by atoms with Crippen molar-refractivity contribution < 1.29 is 9.47 Å². The van der Waals surface area contributed by atoms with Crippen molar-refractivity contribution in [2.24, 2.45) is 0 Å². The summed E-state index contributed by atoms with van der Waals surface area (Å²) < 4.78 is 10.5. The third-order valence-corrected chi connectivity index (χ3v) is 4.38. The molecule has 5 heteroatoms. The van der Waals surface area contributed by atoms with Crippen LogP contribution >= 0.6 is 34.8 Å². The number of methoxy groups -OCH3 is 2. The number of benzene rings is 2. The van der Waals surface area contributed by atoms with Crippen LogP contribution in [0.2, 0.25) is 10.0 Å². The fraction of sp³-hybridized carbons (Fsp3) is 0.250. The first-order valence-corrected chi connectivity index (χ1v) is 7.48. The molecule has 0 aromatic heterocycles. The summed E-state index contributed by atoms with van der Waals surface area (Å²) in [4.78, 5) is 0. The zero-order chi connectivity index (χ0) is 15.6. The highest BCUT2D eigenvalue weighted by atomic mass is 35.5. The first-order chi connectivity index (χ1) is 9.97. The zero-order valence-electron chi connectivity index (χ0n) is 11.9. The van der Waals surface area contributed by atoms with E-state index in [9.17, 15) is 0 Å². The molecule has 0 spiro atoms. The number of hydrogen-bond acceptors (Lipinski definition) is 2. The molecule has 0 saturated carbocycles. The van der Waals surface area contributed by atoms with Crippen molar-refractivity contribution in [3.8, 4) is 11.5 Å². The highest BCUT2D eigenvalue weighted by molar-refractivity contribution is 6.36. The van der Waals surface area contributed by atoms with E-state index in [2.05, 4.69) is 0 Å². The van der Waals surface area contributed by atoms with Gasteiger partial charge in [0.2, 0.25) is 0 Å². The van der Waals surface area contributed by atoms with Gasteiger partial charge in [-0.1, -0.05) is 35.3 Å². The lowest BCUT2D eigenvalue weighted by Crippen LogP contribution is -1.98. The highest BCUT2D eigenvalue weighted by Gasteiger charge is 2.18. The molecule has 0 saturated heterocycles. The first-order valence-electron chi connectivity index (χ1n) is 6.29. The molecular weight excluding hydrogens is 331 g/mol. The third kappa shape index (κ3) is 3.39. The van der Waals surface area contributed by atoms with Crippen molar-refractivity contribution in [1.29, 1.82) is 0 Å². The fourth-order valence-corrected chi connectivity index (χ4v) is 2.95. The minimum Gasteiger partial charge on any atom is -0.496 e. The van der Waals surface area contributed by atoms with E-state index in [1.165, 1.54) is 0 Å². The van der Waals surface area contributed by atoms with Crippen molar-refractivity contribution in [2.45, 2.75) is 12.3 Å². The molecule has 2 rings (SSSR count). The summed E-state index contributed by atoms with van der Waals surface area (Å²) >= 11 is 19.0. The van der Waals surface area contributed by atoms with Crippen molar-refractivity contribution in [1.82, 2.24) is 0 Å². The standard InChI is InChI=1S/C16H15Cl3O2/c1-9-4-5-10(6-14(9)20-2)16(19)11-7-13(18)15(21-3)8-12(11)17/h4-8,16H,1-3H3. The Balaban J connectivity index is 2.44. The summed E-state index contributed by atoms with van der Waals surface area (Å²) in [7, 11) is 3.17. The number of alkyl halides is 1. The Morgan fingerprint density at radius 2 is 1.57 bits per heavy atom. The summed E-state index contributed by atoms with van der Waals surface area (Å²) in [5.41, 5.74) is 2.67. The zero-order valence-corrected chi connectivity index (χ0v) is 14.2. The summed E-state index contributed by atoms with van der Waals surface area (Å²) in [6.07, 6.45) is 0. The van der Waals surface area contributed by atoms with Gasteiger partial charge in [0.25, 0.3) is 0 Å². The molecule has 0 bridgehead atoms. The van der Waals surface area contributed by atoms with Gasteiger partial charge >= 0.3 is 0 Å². The van der Waals surface area contributed by atoms with Gasteiger partial charge in [0.15, 0.2) is 0 Å². The Morgan fingerprint density at radius 1 is 0.905 bits per heavy atom. The van der Waals surface area contributed by atoms with E-state index in [-0.39, 0.29) is 0 Å². The molecule has 2 aromatic rings. The molecule has 2 aromatic carbocycles. The van der Waals surface area contributed by atoms with E-state index >= 15 is 0 Å². The van der Waals surface area contributed by atoms with Crippen LogP contribution in [-0.2, 0) is 0 Å². The molecule has 0 fully saturated rings. The maximum Gasteiger partial charge on any atom is 0.138 e. The second-order valence-corrected chi connectivity index (χ2v) is 5.85. The smallest absolute Gasteiger partial charge is 0.138 e. The molecule has 0 radical (unpaired) electrons. The van der Waals surface area contributed by atoms with Crippen LogP contribution in [0.25, 0.3) is 0 Å². The predicted molar refractivity (Wildman–Crippen MR) is 88.4 cm³/mol. The van der Waals surface area contributed by atoms with Crippen LogP contribution in [0.3, 0.4) is 0 Å². The molecule has 0 aliphatic carbocycles. The topological polar surface area (TPSA) is 18.5 Å². The Morgan fingerprint density at radius 3 is 2.19 bits per heavy atom. The van der Waals surface area contributed by atoms with Gasteiger partial charge in [0, 0.05) is 11.1 Å². The Labute approximate surface area is 139 Å². The number of hydrogen-bond donors (Lipinski definition) is 0. The molecule has 1 unspecified atom stereocenters. The summed E-state index contributed by atoms with van der Waals surface area (Å²) in [6.45, 7) is 1.98. The quantitative estimate of drug-likeness (QED) is 0.667. The number of aryl methyl sites for hydroxylation is 1. The van der Waals surface area contributed by atoms with Crippen molar-refractivity contribution in [3.63, 3.8) is 0 Å². The van der Waals surface area contributed by atoms with Crippen LogP contribution < -0.4 is 9.47 Å². The summed E-state index contributed by atoms with van der Waals surface area (Å²) in [5, 5.41) is 0.563. The van der Waals surface area contributed by atoms with E-state index in [1.54, 1.807) is 26.4 Å². The molecule has 0 heterocycles. The third-order valence-electron chi connectivity index (χ3n) is 3.27. The lowest BCUT2D eigenvalue weighted by molar-refractivity contribution is 0.411. The molecule has 0 aliphatic heterocycles. The molecule has 0 amide bonds. The second-order valence-electron chi connectivity index (χ2n) is 4.60. The van der Waals surface area contributed by atoms with Crippen molar-refractivity contribution >= 4 is 34.8 Å². The second kappa shape index (κ2) is 6.78. The largest absolute Gasteiger partial charge is 0.496 e. The SMILES string of the molecule is COc1cc(C(Cl)c2cc(Cl)c(OC)cc2Cl)ccc1C. The maximum atomic E-state index is 6.55. The average molecular weight is 346 g/mol. The van der Waals surface area contributed by atoms with Gasteiger partial charge in [-0.15, -0.1) is 11.6 Å². The molecular formula is C16H15Cl3O2. The molecule has 0 N–H and O–H groups in total. The van der Waals surface area contributed by atoms with Crippen LogP contribution in [0.5, 0.6) is 11.5 Å². The van der Waals surface area contributed by atoms with Crippen LogP contribution in [0.4, 0.5) is 0 Å². The Kier molecular flexibility index (Phi) is 5.26. The monoisotopic (exact) mass is 344 g/mol. The van der Waals surface area contributed by atoms with Gasteiger partial charge in [-0.05, 0) is 35.7 Å². The number of ether oxygens (including phenoxy) is 2. The predicted octanol–water partition coefficient (Wildman–Crippen LogP) is 5.65. The maximum absolute atomic E-state index is 6.55. The minimum atomic E-state index is -0.421. The van der Waals surface area contributed by atoms with Gasteiger partial charge < -0.3 is 9.47 Å². The van der Waals surface area contributed by atoms with Crippen LogP contribution in [0.1, 0.15) is 22.1 Å². The lowest BCUT2D eigenvalue weighted by Gasteiger charge is -2.16. The van der Waals surface area contributed by atoms with E-state index in [0.717, 1.165) is 22.4 Å². The lowest BCUT2D eigenvalue weighted by atomic mass is 10.0. The van der Waals surface area contributed by atoms with Crippen molar-refractivity contribution in [2.75, 3.05) is 14.2 Å². The molecule has 21 heavy (non-hydrogen) atoms. The van der Waals surface area contributed by atoms with Gasteiger partial charge in [0.1, 0.15) is 11.5 Å². The molecule has 112 valence electrons. The van der Waals surface area contributed by atoms with E-state index < -0.39 is 5.38 Å². The average Bonchev–Trinajstić information content (AvgIpc) is 2.49. The van der Waals surface area contributed by atoms with Gasteiger partial charge in [-0.25, -0.2) is 0 Å². The van der Waals surface area contributed by atoms with Crippen LogP contribution in [0.15, 0.2) is 30.3 Å². The number of rotatable bonds is 4. The van der Waals surface area contributed by atoms with Crippen LogP contribution in [0, 0.1) is 6.92 Å². The van der Waals surface area contributed by atoms with Crippen LogP contribution in [-0.4, -0.2) is 14.2 Å².